The molecule has 0 atom stereocenters. The maximum absolute atomic E-state index is 4.08. The smallest absolute Gasteiger partial charge is 0.196 e. The molecule has 0 aliphatic carbocycles. The van der Waals surface area contributed by atoms with Crippen LogP contribution < -0.4 is 0 Å². The summed E-state index contributed by atoms with van der Waals surface area (Å²) < 4.78 is 0.671. The van der Waals surface area contributed by atoms with Crippen LogP contribution in [0.1, 0.15) is 38.2 Å². The lowest BCUT2D eigenvalue weighted by atomic mass is 10.1. The van der Waals surface area contributed by atoms with Crippen LogP contribution in [0, 0.1) is 0 Å². The number of nitrogens with zero attached hydrogens (tertiary/aromatic N) is 2. The minimum atomic E-state index is 0.671. The minimum Gasteiger partial charge on any atom is -0.230 e. The van der Waals surface area contributed by atoms with Crippen molar-refractivity contribution in [3.63, 3.8) is 0 Å². The van der Waals surface area contributed by atoms with Crippen LogP contribution in [0.3, 0.4) is 0 Å². The van der Waals surface area contributed by atoms with Crippen LogP contribution in [0.5, 0.6) is 0 Å². The summed E-state index contributed by atoms with van der Waals surface area (Å²) in [6.45, 7) is 2.22. The van der Waals surface area contributed by atoms with Crippen molar-refractivity contribution in [1.82, 2.24) is 9.97 Å². The van der Waals surface area contributed by atoms with Crippen LogP contribution in [0.2, 0.25) is 0 Å². The average molecular weight is 243 g/mol. The molecule has 2 nitrogen and oxygen atoms in total. The molecule has 0 unspecified atom stereocenters. The summed E-state index contributed by atoms with van der Waals surface area (Å²) in [6, 6.07) is 0. The zero-order valence-corrected chi connectivity index (χ0v) is 9.55. The van der Waals surface area contributed by atoms with Gasteiger partial charge in [-0.1, -0.05) is 26.2 Å². The molecule has 13 heavy (non-hydrogen) atoms. The number of aryl methyl sites for hydroxylation is 1. The van der Waals surface area contributed by atoms with Crippen LogP contribution in [-0.2, 0) is 6.42 Å². The van der Waals surface area contributed by atoms with Gasteiger partial charge in [0.15, 0.2) is 4.73 Å². The summed E-state index contributed by atoms with van der Waals surface area (Å²) in [6.07, 6.45) is 10.1. The van der Waals surface area contributed by atoms with Crippen molar-refractivity contribution in [2.45, 2.75) is 39.0 Å². The van der Waals surface area contributed by atoms with Gasteiger partial charge in [0.05, 0.1) is 0 Å². The highest BCUT2D eigenvalue weighted by Crippen LogP contribution is 2.07. The number of hydrogen-bond donors (Lipinski definition) is 0. The number of aromatic nitrogens is 2. The Hall–Kier alpha value is -0.440. The van der Waals surface area contributed by atoms with Crippen molar-refractivity contribution < 1.29 is 0 Å². The third-order valence-electron chi connectivity index (χ3n) is 1.99. The van der Waals surface area contributed by atoms with Crippen molar-refractivity contribution in [1.29, 1.82) is 0 Å². The lowest BCUT2D eigenvalue weighted by Gasteiger charge is -1.99. The van der Waals surface area contributed by atoms with Gasteiger partial charge in [-0.3, -0.25) is 0 Å². The highest BCUT2D eigenvalue weighted by molar-refractivity contribution is 9.10. The van der Waals surface area contributed by atoms with E-state index in [1.165, 1.54) is 31.2 Å². The van der Waals surface area contributed by atoms with E-state index in [0.29, 0.717) is 4.73 Å². The van der Waals surface area contributed by atoms with E-state index >= 15 is 0 Å². The second-order valence-electron chi connectivity index (χ2n) is 3.17. The molecule has 72 valence electrons. The SMILES string of the molecule is CCCCCCc1cnc(Br)nc1. The second kappa shape index (κ2) is 6.08. The van der Waals surface area contributed by atoms with Crippen LogP contribution in [-0.4, -0.2) is 9.97 Å². The van der Waals surface area contributed by atoms with Gasteiger partial charge in [-0.05, 0) is 34.3 Å². The topological polar surface area (TPSA) is 25.8 Å². The highest BCUT2D eigenvalue weighted by Gasteiger charge is 1.94. The van der Waals surface area contributed by atoms with E-state index in [1.807, 2.05) is 12.4 Å². The number of halogens is 1. The minimum absolute atomic E-state index is 0.671. The van der Waals surface area contributed by atoms with Crippen molar-refractivity contribution in [2.75, 3.05) is 0 Å². The summed E-state index contributed by atoms with van der Waals surface area (Å²) in [4.78, 5) is 8.17. The van der Waals surface area contributed by atoms with Gasteiger partial charge in [0.1, 0.15) is 0 Å². The molecule has 0 amide bonds. The Balaban J connectivity index is 2.25. The van der Waals surface area contributed by atoms with Crippen LogP contribution >= 0.6 is 15.9 Å². The number of unbranched alkanes of at least 4 members (excludes halogenated alkanes) is 3. The Labute approximate surface area is 87.9 Å². The summed E-state index contributed by atoms with van der Waals surface area (Å²) >= 11 is 3.22. The predicted octanol–water partition coefficient (Wildman–Crippen LogP) is 3.36. The molecule has 3 heteroatoms. The first-order chi connectivity index (χ1) is 6.33. The lowest BCUT2D eigenvalue weighted by Crippen LogP contribution is -1.89. The van der Waals surface area contributed by atoms with E-state index in [4.69, 9.17) is 0 Å². The monoisotopic (exact) mass is 242 g/mol. The van der Waals surface area contributed by atoms with Crippen LogP contribution in [0.4, 0.5) is 0 Å². The fourth-order valence-corrected chi connectivity index (χ4v) is 1.43. The molecule has 0 saturated carbocycles. The maximum Gasteiger partial charge on any atom is 0.196 e. The molecular weight excluding hydrogens is 228 g/mol. The van der Waals surface area contributed by atoms with Gasteiger partial charge in [-0.15, -0.1) is 0 Å². The molecule has 0 spiro atoms. The number of rotatable bonds is 5. The standard InChI is InChI=1S/C10H15BrN2/c1-2-3-4-5-6-9-7-12-10(11)13-8-9/h7-8H,2-6H2,1H3. The fourth-order valence-electron chi connectivity index (χ4n) is 1.22. The summed E-state index contributed by atoms with van der Waals surface area (Å²) in [5.41, 5.74) is 1.24. The first-order valence-electron chi connectivity index (χ1n) is 4.79. The average Bonchev–Trinajstić information content (AvgIpc) is 2.15. The molecule has 0 bridgehead atoms. The summed E-state index contributed by atoms with van der Waals surface area (Å²) in [5.74, 6) is 0. The first-order valence-corrected chi connectivity index (χ1v) is 5.58. The second-order valence-corrected chi connectivity index (χ2v) is 3.88. The molecule has 0 fully saturated rings. The first kappa shape index (κ1) is 10.6. The zero-order chi connectivity index (χ0) is 9.52. The zero-order valence-electron chi connectivity index (χ0n) is 7.96. The molecular formula is C10H15BrN2. The fraction of sp³-hybridized carbons (Fsp3) is 0.600. The summed E-state index contributed by atoms with van der Waals surface area (Å²) in [5, 5.41) is 0. The molecule has 0 aromatic carbocycles. The lowest BCUT2D eigenvalue weighted by molar-refractivity contribution is 0.664. The Morgan fingerprint density at radius 1 is 1.15 bits per heavy atom. The molecule has 1 aromatic rings. The molecule has 0 radical (unpaired) electrons. The largest absolute Gasteiger partial charge is 0.230 e. The van der Waals surface area contributed by atoms with Crippen molar-refractivity contribution >= 4 is 15.9 Å². The van der Waals surface area contributed by atoms with Gasteiger partial charge in [0, 0.05) is 12.4 Å². The predicted molar refractivity (Wildman–Crippen MR) is 57.6 cm³/mol. The van der Waals surface area contributed by atoms with E-state index in [-0.39, 0.29) is 0 Å². The molecule has 1 aromatic heterocycles. The van der Waals surface area contributed by atoms with Crippen molar-refractivity contribution in [3.05, 3.63) is 22.7 Å². The summed E-state index contributed by atoms with van der Waals surface area (Å²) in [7, 11) is 0. The highest BCUT2D eigenvalue weighted by atomic mass is 79.9. The Morgan fingerprint density at radius 2 is 1.85 bits per heavy atom. The third-order valence-corrected chi connectivity index (χ3v) is 2.40. The van der Waals surface area contributed by atoms with Gasteiger partial charge in [0.2, 0.25) is 0 Å². The Kier molecular flexibility index (Phi) is 4.98. The van der Waals surface area contributed by atoms with E-state index in [9.17, 15) is 0 Å². The normalized spacial score (nSPS) is 10.3. The van der Waals surface area contributed by atoms with Gasteiger partial charge in [-0.2, -0.15) is 0 Å². The molecule has 1 heterocycles. The van der Waals surface area contributed by atoms with Crippen molar-refractivity contribution in [3.8, 4) is 0 Å². The molecule has 0 N–H and O–H groups in total. The van der Waals surface area contributed by atoms with E-state index < -0.39 is 0 Å². The molecule has 1 rings (SSSR count). The van der Waals surface area contributed by atoms with E-state index in [0.717, 1.165) is 6.42 Å². The van der Waals surface area contributed by atoms with Gasteiger partial charge in [-0.25, -0.2) is 9.97 Å². The van der Waals surface area contributed by atoms with Gasteiger partial charge < -0.3 is 0 Å². The van der Waals surface area contributed by atoms with Gasteiger partial charge in [0.25, 0.3) is 0 Å². The van der Waals surface area contributed by atoms with Crippen LogP contribution in [0.15, 0.2) is 17.1 Å². The Morgan fingerprint density at radius 3 is 2.46 bits per heavy atom. The Bertz CT molecular complexity index is 233. The number of hydrogen-bond acceptors (Lipinski definition) is 2. The van der Waals surface area contributed by atoms with E-state index in [1.54, 1.807) is 0 Å². The van der Waals surface area contributed by atoms with E-state index in [2.05, 4.69) is 32.8 Å². The quantitative estimate of drug-likeness (QED) is 0.585. The molecule has 0 aliphatic heterocycles. The van der Waals surface area contributed by atoms with Gasteiger partial charge >= 0.3 is 0 Å². The van der Waals surface area contributed by atoms with Crippen LogP contribution in [0.25, 0.3) is 0 Å². The molecule has 0 aliphatic rings. The molecule has 0 saturated heterocycles. The maximum atomic E-state index is 4.08. The third kappa shape index (κ3) is 4.36. The van der Waals surface area contributed by atoms with Crippen molar-refractivity contribution in [2.24, 2.45) is 0 Å².